The molecule has 0 aromatic heterocycles. The van der Waals surface area contributed by atoms with Crippen LogP contribution in [0.5, 0.6) is 17.2 Å². The first-order valence-electron chi connectivity index (χ1n) is 5.97. The van der Waals surface area contributed by atoms with Crippen LogP contribution in [0.4, 0.5) is 0 Å². The highest BCUT2D eigenvalue weighted by Crippen LogP contribution is 2.36. The van der Waals surface area contributed by atoms with E-state index in [1.54, 1.807) is 6.07 Å². The van der Waals surface area contributed by atoms with E-state index >= 15 is 0 Å². The second-order valence-electron chi connectivity index (χ2n) is 4.57. The zero-order valence-corrected chi connectivity index (χ0v) is 10.4. The van der Waals surface area contributed by atoms with Crippen molar-refractivity contribution in [1.82, 2.24) is 15.3 Å². The molecule has 1 aromatic carbocycles. The predicted molar refractivity (Wildman–Crippen MR) is 67.3 cm³/mol. The number of aromatic hydroxyl groups is 3. The van der Waals surface area contributed by atoms with E-state index in [2.05, 4.69) is 22.4 Å². The number of nitrogens with one attached hydrogen (secondary N) is 1. The molecule has 0 unspecified atom stereocenters. The molecule has 4 N–H and O–H groups in total. The Morgan fingerprint density at radius 3 is 2.39 bits per heavy atom. The molecule has 0 amide bonds. The lowest BCUT2D eigenvalue weighted by molar-refractivity contribution is 0.102. The van der Waals surface area contributed by atoms with Gasteiger partial charge in [0.15, 0.2) is 11.5 Å². The van der Waals surface area contributed by atoms with Crippen molar-refractivity contribution >= 4 is 0 Å². The first kappa shape index (κ1) is 12.9. The van der Waals surface area contributed by atoms with Gasteiger partial charge in [-0.05, 0) is 13.1 Å². The largest absolute Gasteiger partial charge is 0.504 e. The van der Waals surface area contributed by atoms with Gasteiger partial charge in [-0.15, -0.1) is 0 Å². The standard InChI is InChI=1S/C12H19N3O3/c1-14-4-6-15(7-5-14)13-8-9-2-3-10(16)12(18)11(9)17/h2-3,13,16-18H,4-8H2,1H3. The maximum atomic E-state index is 9.67. The summed E-state index contributed by atoms with van der Waals surface area (Å²) in [7, 11) is 2.08. The quantitative estimate of drug-likeness (QED) is 0.570. The van der Waals surface area contributed by atoms with Crippen LogP contribution in [0, 0.1) is 0 Å². The van der Waals surface area contributed by atoms with Gasteiger partial charge < -0.3 is 20.2 Å². The predicted octanol–water partition coefficient (Wildman–Crippen LogP) is 0.0554. The van der Waals surface area contributed by atoms with Gasteiger partial charge in [-0.1, -0.05) is 6.07 Å². The highest BCUT2D eigenvalue weighted by atomic mass is 16.3. The van der Waals surface area contributed by atoms with Crippen LogP contribution >= 0.6 is 0 Å². The van der Waals surface area contributed by atoms with Crippen LogP contribution in [0.25, 0.3) is 0 Å². The maximum absolute atomic E-state index is 9.67. The van der Waals surface area contributed by atoms with E-state index in [4.69, 9.17) is 0 Å². The van der Waals surface area contributed by atoms with Crippen molar-refractivity contribution in [3.8, 4) is 17.2 Å². The lowest BCUT2D eigenvalue weighted by atomic mass is 10.1. The maximum Gasteiger partial charge on any atom is 0.200 e. The molecule has 0 saturated carbocycles. The Bertz CT molecular complexity index is 417. The molecular weight excluding hydrogens is 234 g/mol. The Morgan fingerprint density at radius 2 is 1.72 bits per heavy atom. The first-order chi connectivity index (χ1) is 8.58. The monoisotopic (exact) mass is 253 g/mol. The van der Waals surface area contributed by atoms with Crippen molar-refractivity contribution in [1.29, 1.82) is 0 Å². The molecule has 2 rings (SSSR count). The molecule has 1 fully saturated rings. The van der Waals surface area contributed by atoms with Crippen LogP contribution in [-0.2, 0) is 6.54 Å². The third kappa shape index (κ3) is 2.84. The summed E-state index contributed by atoms with van der Waals surface area (Å²) in [4.78, 5) is 2.25. The minimum Gasteiger partial charge on any atom is -0.504 e. The fourth-order valence-electron chi connectivity index (χ4n) is 1.91. The Morgan fingerprint density at radius 1 is 1.06 bits per heavy atom. The van der Waals surface area contributed by atoms with E-state index < -0.39 is 5.75 Å². The van der Waals surface area contributed by atoms with Crippen molar-refractivity contribution in [2.45, 2.75) is 6.54 Å². The number of likely N-dealkylation sites (N-methyl/N-ethyl adjacent to an activating group) is 1. The molecule has 1 aliphatic heterocycles. The van der Waals surface area contributed by atoms with Gasteiger partial charge in [0.25, 0.3) is 0 Å². The highest BCUT2D eigenvalue weighted by molar-refractivity contribution is 5.52. The molecule has 100 valence electrons. The Labute approximate surface area is 106 Å². The molecule has 1 heterocycles. The summed E-state index contributed by atoms with van der Waals surface area (Å²) in [5, 5.41) is 30.4. The molecule has 18 heavy (non-hydrogen) atoms. The molecular formula is C12H19N3O3. The molecule has 0 spiro atoms. The highest BCUT2D eigenvalue weighted by Gasteiger charge is 2.15. The van der Waals surface area contributed by atoms with Crippen molar-refractivity contribution in [3.63, 3.8) is 0 Å². The van der Waals surface area contributed by atoms with Crippen LogP contribution in [0.1, 0.15) is 5.56 Å². The summed E-state index contributed by atoms with van der Waals surface area (Å²) in [6, 6.07) is 2.96. The minimum atomic E-state index is -0.465. The SMILES string of the molecule is CN1CCN(NCc2ccc(O)c(O)c2O)CC1. The third-order valence-corrected chi connectivity index (χ3v) is 3.21. The lowest BCUT2D eigenvalue weighted by Gasteiger charge is -2.32. The van der Waals surface area contributed by atoms with Gasteiger partial charge in [-0.25, -0.2) is 5.01 Å². The van der Waals surface area contributed by atoms with E-state index in [0.717, 1.165) is 26.2 Å². The normalized spacial score (nSPS) is 18.1. The Hall–Kier alpha value is -1.50. The lowest BCUT2D eigenvalue weighted by Crippen LogP contribution is -2.50. The van der Waals surface area contributed by atoms with E-state index in [1.165, 1.54) is 6.07 Å². The Kier molecular flexibility index (Phi) is 3.90. The van der Waals surface area contributed by atoms with Crippen molar-refractivity contribution in [2.24, 2.45) is 0 Å². The minimum absolute atomic E-state index is 0.267. The summed E-state index contributed by atoms with van der Waals surface area (Å²) in [6.45, 7) is 4.26. The number of hydrazine groups is 1. The zero-order chi connectivity index (χ0) is 13.1. The topological polar surface area (TPSA) is 79.2 Å². The summed E-state index contributed by atoms with van der Waals surface area (Å²) < 4.78 is 0. The van der Waals surface area contributed by atoms with Gasteiger partial charge in [0.2, 0.25) is 5.75 Å². The molecule has 1 saturated heterocycles. The van der Waals surface area contributed by atoms with Crippen LogP contribution in [0.2, 0.25) is 0 Å². The molecule has 0 aliphatic carbocycles. The summed E-state index contributed by atoms with van der Waals surface area (Å²) >= 11 is 0. The number of rotatable bonds is 3. The summed E-state index contributed by atoms with van der Waals surface area (Å²) in [5.41, 5.74) is 3.76. The second-order valence-corrected chi connectivity index (χ2v) is 4.57. The van der Waals surface area contributed by atoms with E-state index in [0.29, 0.717) is 12.1 Å². The van der Waals surface area contributed by atoms with Gasteiger partial charge in [0, 0.05) is 38.3 Å². The third-order valence-electron chi connectivity index (χ3n) is 3.21. The smallest absolute Gasteiger partial charge is 0.200 e. The number of phenols is 3. The molecule has 6 nitrogen and oxygen atoms in total. The molecule has 0 atom stereocenters. The fourth-order valence-corrected chi connectivity index (χ4v) is 1.91. The van der Waals surface area contributed by atoms with E-state index in [-0.39, 0.29) is 11.5 Å². The number of hydrogen-bond donors (Lipinski definition) is 4. The van der Waals surface area contributed by atoms with Gasteiger partial charge >= 0.3 is 0 Å². The zero-order valence-electron chi connectivity index (χ0n) is 10.4. The van der Waals surface area contributed by atoms with Gasteiger partial charge in [0.1, 0.15) is 0 Å². The van der Waals surface area contributed by atoms with E-state index in [1.807, 2.05) is 0 Å². The number of hydrogen-bond acceptors (Lipinski definition) is 6. The van der Waals surface area contributed by atoms with Gasteiger partial charge in [0.05, 0.1) is 0 Å². The van der Waals surface area contributed by atoms with Gasteiger partial charge in [-0.3, -0.25) is 5.43 Å². The number of piperazine rings is 1. The fraction of sp³-hybridized carbons (Fsp3) is 0.500. The van der Waals surface area contributed by atoms with Crippen LogP contribution in [0.15, 0.2) is 12.1 Å². The number of phenolic OH excluding ortho intramolecular Hbond substituents is 3. The summed E-state index contributed by atoms with van der Waals surface area (Å²) in [5.74, 6) is -1.04. The number of benzene rings is 1. The molecule has 0 bridgehead atoms. The van der Waals surface area contributed by atoms with Crippen LogP contribution in [-0.4, -0.2) is 58.5 Å². The van der Waals surface area contributed by atoms with Crippen molar-refractivity contribution in [3.05, 3.63) is 17.7 Å². The average Bonchev–Trinajstić information content (AvgIpc) is 2.37. The van der Waals surface area contributed by atoms with Crippen molar-refractivity contribution < 1.29 is 15.3 Å². The molecule has 1 aliphatic rings. The Balaban J connectivity index is 1.92. The van der Waals surface area contributed by atoms with Gasteiger partial charge in [-0.2, -0.15) is 0 Å². The average molecular weight is 253 g/mol. The molecule has 0 radical (unpaired) electrons. The molecule has 1 aromatic rings. The summed E-state index contributed by atoms with van der Waals surface area (Å²) in [6.07, 6.45) is 0. The number of nitrogens with zero attached hydrogens (tertiary/aromatic N) is 2. The van der Waals surface area contributed by atoms with Crippen molar-refractivity contribution in [2.75, 3.05) is 33.2 Å². The van der Waals surface area contributed by atoms with Crippen LogP contribution < -0.4 is 5.43 Å². The first-order valence-corrected chi connectivity index (χ1v) is 5.97. The molecule has 6 heteroatoms. The second kappa shape index (κ2) is 5.43. The van der Waals surface area contributed by atoms with Crippen LogP contribution in [0.3, 0.4) is 0 Å². The van der Waals surface area contributed by atoms with E-state index in [9.17, 15) is 15.3 Å².